The molecule has 0 spiro atoms. The molecule has 0 amide bonds. The molecule has 1 saturated heterocycles. The number of rotatable bonds is 7. The Hall–Kier alpha value is -3.75. The van der Waals surface area contributed by atoms with E-state index in [0.29, 0.717) is 11.6 Å². The standard InChI is InChI=1S/C21H27N3O6S.C2HF3O2/c1-29-16-8-9-18(30-2)19(13-16)31(27,28)23-15-12-17(21(25)26)20(22-14-15)24-10-6-4-3-5-7-11-24;3-2(4,5)1(6)7/h8-9,12-14,23H,3-7,10-11H2,1-2H3,(H,25,26);(H,6,7). The molecule has 3 rings (SSSR count). The third kappa shape index (κ3) is 8.39. The maximum Gasteiger partial charge on any atom is 0.490 e. The summed E-state index contributed by atoms with van der Waals surface area (Å²) in [5.74, 6) is -3.08. The summed E-state index contributed by atoms with van der Waals surface area (Å²) in [6.45, 7) is 1.44. The first-order valence-electron chi connectivity index (χ1n) is 11.3. The van der Waals surface area contributed by atoms with Crippen molar-refractivity contribution in [3.05, 3.63) is 36.0 Å². The summed E-state index contributed by atoms with van der Waals surface area (Å²) in [6.07, 6.45) is 1.56. The van der Waals surface area contributed by atoms with Crippen LogP contribution in [0.1, 0.15) is 42.5 Å². The number of hydrogen-bond donors (Lipinski definition) is 3. The van der Waals surface area contributed by atoms with Gasteiger partial charge in [0.1, 0.15) is 27.8 Å². The number of ether oxygens (including phenoxy) is 2. The minimum atomic E-state index is -5.08. The minimum Gasteiger partial charge on any atom is -0.497 e. The van der Waals surface area contributed by atoms with Crippen molar-refractivity contribution in [1.29, 1.82) is 0 Å². The highest BCUT2D eigenvalue weighted by Gasteiger charge is 2.38. The summed E-state index contributed by atoms with van der Waals surface area (Å²) in [7, 11) is -1.29. The second-order valence-corrected chi connectivity index (χ2v) is 9.73. The molecule has 2 heterocycles. The number of aromatic carboxylic acids is 1. The normalized spacial score (nSPS) is 14.3. The van der Waals surface area contributed by atoms with E-state index in [-0.39, 0.29) is 21.9 Å². The lowest BCUT2D eigenvalue weighted by atomic mass is 10.1. The largest absolute Gasteiger partial charge is 0.497 e. The molecular formula is C23H28F3N3O8S. The van der Waals surface area contributed by atoms with Crippen LogP contribution in [0.3, 0.4) is 0 Å². The topological polar surface area (TPSA) is 155 Å². The first kappa shape index (κ1) is 30.5. The van der Waals surface area contributed by atoms with E-state index < -0.39 is 28.1 Å². The van der Waals surface area contributed by atoms with Crippen molar-refractivity contribution in [2.75, 3.05) is 36.9 Å². The first-order valence-corrected chi connectivity index (χ1v) is 12.8. The van der Waals surface area contributed by atoms with Crippen molar-refractivity contribution in [3.63, 3.8) is 0 Å². The maximum atomic E-state index is 13.0. The Morgan fingerprint density at radius 1 is 1.00 bits per heavy atom. The van der Waals surface area contributed by atoms with Crippen LogP contribution in [0.25, 0.3) is 0 Å². The predicted molar refractivity (Wildman–Crippen MR) is 131 cm³/mol. The van der Waals surface area contributed by atoms with Crippen LogP contribution in [0.15, 0.2) is 35.4 Å². The number of alkyl halides is 3. The number of halogens is 3. The fraction of sp³-hybridized carbons (Fsp3) is 0.435. The third-order valence-electron chi connectivity index (χ3n) is 5.41. The quantitative estimate of drug-likeness (QED) is 0.450. The molecule has 0 atom stereocenters. The summed E-state index contributed by atoms with van der Waals surface area (Å²) < 4.78 is 70.3. The van der Waals surface area contributed by atoms with Crippen LogP contribution in [-0.2, 0) is 14.8 Å². The van der Waals surface area contributed by atoms with Gasteiger partial charge in [0.05, 0.1) is 26.1 Å². The van der Waals surface area contributed by atoms with Crippen molar-refractivity contribution in [2.45, 2.75) is 43.2 Å². The number of anilines is 2. The Morgan fingerprint density at radius 2 is 1.58 bits per heavy atom. The van der Waals surface area contributed by atoms with Gasteiger partial charge in [0.2, 0.25) is 0 Å². The van der Waals surface area contributed by atoms with Gasteiger partial charge in [0, 0.05) is 19.2 Å². The molecule has 1 aliphatic heterocycles. The number of nitrogens with zero attached hydrogens (tertiary/aromatic N) is 2. The average Bonchev–Trinajstić information content (AvgIpc) is 2.83. The number of methoxy groups -OCH3 is 2. The lowest BCUT2D eigenvalue weighted by Crippen LogP contribution is -2.29. The zero-order valence-corrected chi connectivity index (χ0v) is 21.4. The third-order valence-corrected chi connectivity index (χ3v) is 6.81. The van der Waals surface area contributed by atoms with Crippen LogP contribution in [0.4, 0.5) is 24.7 Å². The Bertz CT molecular complexity index is 1230. The first-order chi connectivity index (χ1) is 17.8. The van der Waals surface area contributed by atoms with E-state index in [2.05, 4.69) is 9.71 Å². The lowest BCUT2D eigenvalue weighted by molar-refractivity contribution is -0.192. The molecule has 0 bridgehead atoms. The van der Waals surface area contributed by atoms with Crippen molar-refractivity contribution < 1.29 is 50.9 Å². The zero-order valence-electron chi connectivity index (χ0n) is 20.6. The molecule has 11 nitrogen and oxygen atoms in total. The fourth-order valence-corrected chi connectivity index (χ4v) is 4.81. The number of hydrogen-bond acceptors (Lipinski definition) is 8. The number of nitrogens with one attached hydrogen (secondary N) is 1. The second-order valence-electron chi connectivity index (χ2n) is 8.08. The van der Waals surface area contributed by atoms with Gasteiger partial charge in [-0.1, -0.05) is 19.3 Å². The maximum absolute atomic E-state index is 13.0. The molecule has 1 fully saturated rings. The number of carbonyl (C=O) groups is 2. The predicted octanol–water partition coefficient (Wildman–Crippen LogP) is 4.00. The molecule has 2 aromatic rings. The molecule has 15 heteroatoms. The zero-order chi connectivity index (χ0) is 28.5. The molecule has 38 heavy (non-hydrogen) atoms. The summed E-state index contributed by atoms with van der Waals surface area (Å²) in [4.78, 5) is 27.0. The van der Waals surface area contributed by atoms with Gasteiger partial charge in [-0.25, -0.2) is 23.0 Å². The second kappa shape index (κ2) is 13.2. The number of pyridine rings is 1. The van der Waals surface area contributed by atoms with E-state index >= 15 is 0 Å². The van der Waals surface area contributed by atoms with Crippen LogP contribution in [0, 0.1) is 0 Å². The van der Waals surface area contributed by atoms with E-state index in [4.69, 9.17) is 19.4 Å². The van der Waals surface area contributed by atoms with Crippen LogP contribution in [0.5, 0.6) is 11.5 Å². The van der Waals surface area contributed by atoms with Gasteiger partial charge in [-0.05, 0) is 31.0 Å². The van der Waals surface area contributed by atoms with Crippen molar-refractivity contribution in [1.82, 2.24) is 4.98 Å². The van der Waals surface area contributed by atoms with Crippen molar-refractivity contribution >= 4 is 33.5 Å². The van der Waals surface area contributed by atoms with Crippen LogP contribution in [-0.4, -0.2) is 69.0 Å². The van der Waals surface area contributed by atoms with Crippen LogP contribution in [0.2, 0.25) is 0 Å². The number of carboxylic acids is 2. The lowest BCUT2D eigenvalue weighted by Gasteiger charge is -2.27. The van der Waals surface area contributed by atoms with E-state index in [1.807, 2.05) is 4.90 Å². The van der Waals surface area contributed by atoms with Gasteiger partial charge < -0.3 is 24.6 Å². The SMILES string of the molecule is COc1ccc(OC)c(S(=O)(=O)Nc2cnc(N3CCCCCCC3)c(C(=O)O)c2)c1.O=C(O)C(F)(F)F. The summed E-state index contributed by atoms with van der Waals surface area (Å²) in [5.41, 5.74) is 0.0106. The van der Waals surface area contributed by atoms with Gasteiger partial charge in [-0.2, -0.15) is 13.2 Å². The molecule has 0 saturated carbocycles. The number of aliphatic carboxylic acids is 1. The van der Waals surface area contributed by atoms with Gasteiger partial charge in [-0.3, -0.25) is 4.72 Å². The van der Waals surface area contributed by atoms with Gasteiger partial charge in [0.25, 0.3) is 10.0 Å². The highest BCUT2D eigenvalue weighted by atomic mass is 32.2. The summed E-state index contributed by atoms with van der Waals surface area (Å²) >= 11 is 0. The van der Waals surface area contributed by atoms with E-state index in [9.17, 15) is 31.5 Å². The monoisotopic (exact) mass is 563 g/mol. The number of sulfonamides is 1. The Labute approximate surface area is 217 Å². The Balaban J connectivity index is 0.000000638. The Kier molecular flexibility index (Phi) is 10.6. The Morgan fingerprint density at radius 3 is 2.08 bits per heavy atom. The molecule has 210 valence electrons. The van der Waals surface area contributed by atoms with Gasteiger partial charge in [0.15, 0.2) is 0 Å². The summed E-state index contributed by atoms with van der Waals surface area (Å²) in [5, 5.41) is 16.9. The molecule has 0 unspecified atom stereocenters. The molecule has 1 aromatic heterocycles. The molecular weight excluding hydrogens is 535 g/mol. The molecule has 0 radical (unpaired) electrons. The number of aromatic nitrogens is 1. The fourth-order valence-electron chi connectivity index (χ4n) is 3.59. The van der Waals surface area contributed by atoms with E-state index in [1.54, 1.807) is 6.07 Å². The van der Waals surface area contributed by atoms with Gasteiger partial charge in [-0.15, -0.1) is 0 Å². The minimum absolute atomic E-state index is 0.0432. The molecule has 1 aliphatic rings. The van der Waals surface area contributed by atoms with Crippen LogP contribution >= 0.6 is 0 Å². The molecule has 3 N–H and O–H groups in total. The van der Waals surface area contributed by atoms with Crippen molar-refractivity contribution in [2.24, 2.45) is 0 Å². The highest BCUT2D eigenvalue weighted by Crippen LogP contribution is 2.31. The number of benzene rings is 1. The number of carboxylic acid groups (broad SMARTS) is 2. The molecule has 0 aliphatic carbocycles. The highest BCUT2D eigenvalue weighted by molar-refractivity contribution is 7.92. The van der Waals surface area contributed by atoms with Gasteiger partial charge >= 0.3 is 18.1 Å². The molecule has 1 aromatic carbocycles. The average molecular weight is 564 g/mol. The smallest absolute Gasteiger partial charge is 0.490 e. The van der Waals surface area contributed by atoms with E-state index in [1.165, 1.54) is 45.0 Å². The van der Waals surface area contributed by atoms with E-state index in [0.717, 1.165) is 38.8 Å². The van der Waals surface area contributed by atoms with Crippen LogP contribution < -0.4 is 19.1 Å². The summed E-state index contributed by atoms with van der Waals surface area (Å²) in [6, 6.07) is 5.70. The van der Waals surface area contributed by atoms with Crippen molar-refractivity contribution in [3.8, 4) is 11.5 Å².